The highest BCUT2D eigenvalue weighted by molar-refractivity contribution is 6.33. The summed E-state index contributed by atoms with van der Waals surface area (Å²) in [6.45, 7) is 7.28. The van der Waals surface area contributed by atoms with Gasteiger partial charge >= 0.3 is 0 Å². The number of carbonyl (C=O) groups excluding carboxylic acids is 1. The maximum atomic E-state index is 12.0. The molecule has 0 aromatic heterocycles. The highest BCUT2D eigenvalue weighted by atomic mass is 35.5. The van der Waals surface area contributed by atoms with E-state index in [0.29, 0.717) is 6.54 Å². The SMILES string of the molecule is CCCN(CC)CCNC(=O)c1cc([N+](=O)[O-])ccc1Cl. The van der Waals surface area contributed by atoms with Crippen molar-refractivity contribution in [2.75, 3.05) is 26.2 Å². The fourth-order valence-corrected chi connectivity index (χ4v) is 2.17. The van der Waals surface area contributed by atoms with Crippen molar-refractivity contribution in [1.82, 2.24) is 10.2 Å². The summed E-state index contributed by atoms with van der Waals surface area (Å²) in [6.07, 6.45) is 1.05. The number of carbonyl (C=O) groups is 1. The van der Waals surface area contributed by atoms with Crippen molar-refractivity contribution in [3.8, 4) is 0 Å². The van der Waals surface area contributed by atoms with Crippen LogP contribution in [0.5, 0.6) is 0 Å². The van der Waals surface area contributed by atoms with E-state index in [1.165, 1.54) is 18.2 Å². The Morgan fingerprint density at radius 3 is 2.67 bits per heavy atom. The van der Waals surface area contributed by atoms with Crippen LogP contribution in [0, 0.1) is 10.1 Å². The van der Waals surface area contributed by atoms with Crippen LogP contribution in [0.25, 0.3) is 0 Å². The summed E-state index contributed by atoms with van der Waals surface area (Å²) < 4.78 is 0. The molecular weight excluding hydrogens is 294 g/mol. The Morgan fingerprint density at radius 1 is 1.38 bits per heavy atom. The van der Waals surface area contributed by atoms with Gasteiger partial charge < -0.3 is 10.2 Å². The third kappa shape index (κ3) is 5.32. The van der Waals surface area contributed by atoms with Crippen LogP contribution in [0.2, 0.25) is 5.02 Å². The standard InChI is InChI=1S/C14H20ClN3O3/c1-3-8-17(4-2)9-7-16-14(19)12-10-11(18(20)21)5-6-13(12)15/h5-6,10H,3-4,7-9H2,1-2H3,(H,16,19). The monoisotopic (exact) mass is 313 g/mol. The number of amides is 1. The minimum absolute atomic E-state index is 0.129. The van der Waals surface area contributed by atoms with Gasteiger partial charge in [-0.3, -0.25) is 14.9 Å². The molecule has 7 heteroatoms. The van der Waals surface area contributed by atoms with Crippen LogP contribution in [0.3, 0.4) is 0 Å². The molecule has 0 unspecified atom stereocenters. The van der Waals surface area contributed by atoms with E-state index in [1.807, 2.05) is 0 Å². The van der Waals surface area contributed by atoms with Gasteiger partial charge in [-0.1, -0.05) is 25.4 Å². The molecule has 0 aliphatic rings. The second-order valence-corrected chi connectivity index (χ2v) is 5.02. The molecule has 0 radical (unpaired) electrons. The number of nitrogens with zero attached hydrogens (tertiary/aromatic N) is 2. The fraction of sp³-hybridized carbons (Fsp3) is 0.500. The molecule has 1 rings (SSSR count). The van der Waals surface area contributed by atoms with E-state index in [1.54, 1.807) is 0 Å². The van der Waals surface area contributed by atoms with Gasteiger partial charge in [0.15, 0.2) is 0 Å². The molecule has 0 fully saturated rings. The molecule has 0 saturated carbocycles. The van der Waals surface area contributed by atoms with Gasteiger partial charge in [0, 0.05) is 25.2 Å². The molecule has 0 bridgehead atoms. The summed E-state index contributed by atoms with van der Waals surface area (Å²) in [4.78, 5) is 24.4. The molecule has 0 aliphatic carbocycles. The lowest BCUT2D eigenvalue weighted by Gasteiger charge is -2.19. The van der Waals surface area contributed by atoms with Gasteiger partial charge in [0.1, 0.15) is 0 Å². The number of non-ortho nitro benzene ring substituents is 1. The number of hydrogen-bond acceptors (Lipinski definition) is 4. The van der Waals surface area contributed by atoms with E-state index in [0.717, 1.165) is 26.1 Å². The van der Waals surface area contributed by atoms with Gasteiger partial charge in [0.25, 0.3) is 11.6 Å². The molecule has 0 aliphatic heterocycles. The first kappa shape index (κ1) is 17.4. The van der Waals surface area contributed by atoms with Crippen molar-refractivity contribution in [3.05, 3.63) is 38.9 Å². The molecule has 6 nitrogen and oxygen atoms in total. The van der Waals surface area contributed by atoms with Crippen LogP contribution in [-0.4, -0.2) is 41.9 Å². The minimum atomic E-state index is -0.548. The van der Waals surface area contributed by atoms with Crippen LogP contribution in [0.1, 0.15) is 30.6 Å². The van der Waals surface area contributed by atoms with Crippen molar-refractivity contribution in [1.29, 1.82) is 0 Å². The van der Waals surface area contributed by atoms with Crippen LogP contribution < -0.4 is 5.32 Å². The molecule has 21 heavy (non-hydrogen) atoms. The van der Waals surface area contributed by atoms with Crippen molar-refractivity contribution >= 4 is 23.2 Å². The Morgan fingerprint density at radius 2 is 2.10 bits per heavy atom. The minimum Gasteiger partial charge on any atom is -0.351 e. The Hall–Kier alpha value is -1.66. The lowest BCUT2D eigenvalue weighted by atomic mass is 10.2. The molecule has 0 atom stereocenters. The Kier molecular flexibility index (Phi) is 7.11. The second kappa shape index (κ2) is 8.59. The van der Waals surface area contributed by atoms with Crippen LogP contribution in [-0.2, 0) is 0 Å². The number of benzene rings is 1. The molecular formula is C14H20ClN3O3. The van der Waals surface area contributed by atoms with Crippen LogP contribution in [0.15, 0.2) is 18.2 Å². The van der Waals surface area contributed by atoms with E-state index in [4.69, 9.17) is 11.6 Å². The molecule has 1 aromatic rings. The topological polar surface area (TPSA) is 75.5 Å². The number of hydrogen-bond donors (Lipinski definition) is 1. The summed E-state index contributed by atoms with van der Waals surface area (Å²) in [5.41, 5.74) is -0.0184. The third-order valence-electron chi connectivity index (χ3n) is 3.11. The molecule has 0 heterocycles. The normalized spacial score (nSPS) is 10.7. The Bertz CT molecular complexity index is 508. The third-order valence-corrected chi connectivity index (χ3v) is 3.44. The number of rotatable bonds is 8. The first-order valence-electron chi connectivity index (χ1n) is 6.94. The first-order chi connectivity index (χ1) is 9.99. The van der Waals surface area contributed by atoms with Crippen molar-refractivity contribution in [3.63, 3.8) is 0 Å². The quantitative estimate of drug-likeness (QED) is 0.591. The maximum absolute atomic E-state index is 12.0. The summed E-state index contributed by atoms with van der Waals surface area (Å²) in [7, 11) is 0. The number of nitro benzene ring substituents is 1. The van der Waals surface area contributed by atoms with E-state index in [2.05, 4.69) is 24.1 Å². The zero-order chi connectivity index (χ0) is 15.8. The number of nitro groups is 1. The fourth-order valence-electron chi connectivity index (χ4n) is 1.97. The lowest BCUT2D eigenvalue weighted by molar-refractivity contribution is -0.384. The van der Waals surface area contributed by atoms with Gasteiger partial charge in [-0.05, 0) is 25.6 Å². The van der Waals surface area contributed by atoms with Crippen LogP contribution in [0.4, 0.5) is 5.69 Å². The number of halogens is 1. The van der Waals surface area contributed by atoms with Gasteiger partial charge in [-0.2, -0.15) is 0 Å². The average molecular weight is 314 g/mol. The van der Waals surface area contributed by atoms with E-state index in [9.17, 15) is 14.9 Å². The molecule has 1 amide bonds. The second-order valence-electron chi connectivity index (χ2n) is 4.61. The Labute approximate surface area is 129 Å². The predicted octanol–water partition coefficient (Wildman–Crippen LogP) is 2.71. The summed E-state index contributed by atoms with van der Waals surface area (Å²) in [5, 5.41) is 13.7. The van der Waals surface area contributed by atoms with E-state index in [-0.39, 0.29) is 16.3 Å². The summed E-state index contributed by atoms with van der Waals surface area (Å²) in [6, 6.07) is 3.84. The maximum Gasteiger partial charge on any atom is 0.270 e. The van der Waals surface area contributed by atoms with Gasteiger partial charge in [-0.25, -0.2) is 0 Å². The Balaban J connectivity index is 2.63. The smallest absolute Gasteiger partial charge is 0.270 e. The van der Waals surface area contributed by atoms with E-state index < -0.39 is 10.8 Å². The molecule has 0 spiro atoms. The van der Waals surface area contributed by atoms with Gasteiger partial charge in [0.05, 0.1) is 15.5 Å². The van der Waals surface area contributed by atoms with Crippen molar-refractivity contribution in [2.24, 2.45) is 0 Å². The highest BCUT2D eigenvalue weighted by Crippen LogP contribution is 2.21. The number of nitrogens with one attached hydrogen (secondary N) is 1. The lowest BCUT2D eigenvalue weighted by Crippen LogP contribution is -2.35. The van der Waals surface area contributed by atoms with Gasteiger partial charge in [0.2, 0.25) is 0 Å². The largest absolute Gasteiger partial charge is 0.351 e. The number of likely N-dealkylation sites (N-methyl/N-ethyl adjacent to an activating group) is 1. The van der Waals surface area contributed by atoms with Gasteiger partial charge in [-0.15, -0.1) is 0 Å². The van der Waals surface area contributed by atoms with Crippen molar-refractivity contribution in [2.45, 2.75) is 20.3 Å². The average Bonchev–Trinajstić information content (AvgIpc) is 2.46. The predicted molar refractivity (Wildman–Crippen MR) is 82.8 cm³/mol. The molecule has 0 saturated heterocycles. The molecule has 116 valence electrons. The zero-order valence-corrected chi connectivity index (χ0v) is 13.0. The molecule has 1 N–H and O–H groups in total. The van der Waals surface area contributed by atoms with E-state index >= 15 is 0 Å². The highest BCUT2D eigenvalue weighted by Gasteiger charge is 2.15. The zero-order valence-electron chi connectivity index (χ0n) is 12.3. The first-order valence-corrected chi connectivity index (χ1v) is 7.31. The van der Waals surface area contributed by atoms with Crippen LogP contribution >= 0.6 is 11.6 Å². The summed E-state index contributed by atoms with van der Waals surface area (Å²) in [5.74, 6) is -0.392. The summed E-state index contributed by atoms with van der Waals surface area (Å²) >= 11 is 5.92. The molecule has 1 aromatic carbocycles. The van der Waals surface area contributed by atoms with Crippen molar-refractivity contribution < 1.29 is 9.72 Å².